The number of aliphatic imine (C=N–C) groups is 1. The first-order valence-electron chi connectivity index (χ1n) is 10.9. The van der Waals surface area contributed by atoms with Crippen molar-refractivity contribution in [1.29, 1.82) is 0 Å². The van der Waals surface area contributed by atoms with E-state index in [1.807, 2.05) is 26.0 Å². The molecule has 1 aliphatic rings. The smallest absolute Gasteiger partial charge is 0.350 e. The zero-order valence-corrected chi connectivity index (χ0v) is 19.6. The molecular formula is C22H33N5O3S. The number of hydrogen-bond acceptors (Lipinski definition) is 7. The van der Waals surface area contributed by atoms with Gasteiger partial charge in [-0.05, 0) is 58.8 Å². The predicted molar refractivity (Wildman–Crippen MR) is 123 cm³/mol. The second-order valence-corrected chi connectivity index (χ2v) is 8.66. The van der Waals surface area contributed by atoms with E-state index in [4.69, 9.17) is 9.15 Å². The van der Waals surface area contributed by atoms with Crippen molar-refractivity contribution < 1.29 is 13.9 Å². The third-order valence-corrected chi connectivity index (χ3v) is 6.71. The average molecular weight is 448 g/mol. The van der Waals surface area contributed by atoms with E-state index in [1.54, 1.807) is 20.2 Å². The molecule has 0 saturated carbocycles. The van der Waals surface area contributed by atoms with Crippen molar-refractivity contribution in [3.8, 4) is 0 Å². The fourth-order valence-corrected chi connectivity index (χ4v) is 4.73. The molecule has 2 atom stereocenters. The summed E-state index contributed by atoms with van der Waals surface area (Å²) in [6, 6.07) is 4.03. The minimum atomic E-state index is -0.318. The van der Waals surface area contributed by atoms with Crippen molar-refractivity contribution in [2.45, 2.75) is 52.1 Å². The summed E-state index contributed by atoms with van der Waals surface area (Å²) in [6.07, 6.45) is 5.45. The quantitative estimate of drug-likeness (QED) is 0.362. The summed E-state index contributed by atoms with van der Waals surface area (Å²) < 4.78 is 10.9. The third-order valence-electron chi connectivity index (χ3n) is 5.39. The van der Waals surface area contributed by atoms with Crippen molar-refractivity contribution in [3.05, 3.63) is 39.7 Å². The fraction of sp³-hybridized carbons (Fsp3) is 0.591. The maximum Gasteiger partial charge on any atom is 0.350 e. The van der Waals surface area contributed by atoms with Crippen LogP contribution in [0.5, 0.6) is 0 Å². The topological polar surface area (TPSA) is 92.0 Å². The van der Waals surface area contributed by atoms with Crippen molar-refractivity contribution in [2.75, 3.05) is 33.3 Å². The molecule has 31 heavy (non-hydrogen) atoms. The van der Waals surface area contributed by atoms with Crippen molar-refractivity contribution in [2.24, 2.45) is 4.99 Å². The molecule has 0 amide bonds. The number of esters is 1. The highest BCUT2D eigenvalue weighted by Gasteiger charge is 2.25. The monoisotopic (exact) mass is 447 g/mol. The Morgan fingerprint density at radius 1 is 1.39 bits per heavy atom. The van der Waals surface area contributed by atoms with Crippen LogP contribution in [0.2, 0.25) is 0 Å². The Morgan fingerprint density at radius 2 is 2.16 bits per heavy atom. The van der Waals surface area contributed by atoms with Crippen molar-refractivity contribution in [3.63, 3.8) is 0 Å². The Balaban J connectivity index is 1.63. The minimum Gasteiger partial charge on any atom is -0.468 e. The fourth-order valence-electron chi connectivity index (χ4n) is 3.76. The molecule has 0 radical (unpaired) electrons. The maximum absolute atomic E-state index is 12.1. The molecule has 8 nitrogen and oxygen atoms in total. The summed E-state index contributed by atoms with van der Waals surface area (Å²) >= 11 is 1.36. The lowest BCUT2D eigenvalue weighted by Gasteiger charge is -2.33. The molecular weight excluding hydrogens is 414 g/mol. The summed E-state index contributed by atoms with van der Waals surface area (Å²) in [5.41, 5.74) is 0.693. The molecule has 2 aromatic heterocycles. The van der Waals surface area contributed by atoms with Gasteiger partial charge < -0.3 is 19.8 Å². The summed E-state index contributed by atoms with van der Waals surface area (Å²) in [5, 5.41) is 7.65. The molecule has 9 heteroatoms. The average Bonchev–Trinajstić information content (AvgIpc) is 3.44. The van der Waals surface area contributed by atoms with Gasteiger partial charge in [0.15, 0.2) is 5.96 Å². The summed E-state index contributed by atoms with van der Waals surface area (Å²) in [7, 11) is 1.75. The lowest BCUT2D eigenvalue weighted by atomic mass is 10.1. The number of nitrogens with one attached hydrogen (secondary N) is 2. The number of thiazole rings is 1. The van der Waals surface area contributed by atoms with Gasteiger partial charge in [0, 0.05) is 13.6 Å². The van der Waals surface area contributed by atoms with E-state index in [9.17, 15) is 4.79 Å². The molecule has 0 aliphatic carbocycles. The van der Waals surface area contributed by atoms with Crippen LogP contribution in [0, 0.1) is 6.92 Å². The zero-order chi connectivity index (χ0) is 22.2. The highest BCUT2D eigenvalue weighted by Crippen LogP contribution is 2.26. The van der Waals surface area contributed by atoms with Gasteiger partial charge in [0.05, 0.1) is 30.6 Å². The number of piperidine rings is 1. The number of aromatic nitrogens is 1. The van der Waals surface area contributed by atoms with Gasteiger partial charge in [-0.2, -0.15) is 0 Å². The number of likely N-dealkylation sites (tertiary alicyclic amines) is 1. The van der Waals surface area contributed by atoms with Crippen LogP contribution >= 0.6 is 11.3 Å². The number of rotatable bonds is 8. The van der Waals surface area contributed by atoms with Gasteiger partial charge in [0.25, 0.3) is 0 Å². The first-order chi connectivity index (χ1) is 15.0. The summed E-state index contributed by atoms with van der Waals surface area (Å²) in [4.78, 5) is 24.1. The predicted octanol–water partition coefficient (Wildman–Crippen LogP) is 3.67. The van der Waals surface area contributed by atoms with E-state index >= 15 is 0 Å². The molecule has 0 spiro atoms. The number of ether oxygens (including phenoxy) is 1. The number of carbonyl (C=O) groups excluding carboxylic acids is 1. The molecule has 3 rings (SSSR count). The minimum absolute atomic E-state index is 0.102. The van der Waals surface area contributed by atoms with Crippen LogP contribution in [0.4, 0.5) is 0 Å². The summed E-state index contributed by atoms with van der Waals surface area (Å²) in [6.45, 7) is 8.83. The van der Waals surface area contributed by atoms with E-state index in [0.29, 0.717) is 29.7 Å². The van der Waals surface area contributed by atoms with Crippen molar-refractivity contribution in [1.82, 2.24) is 20.5 Å². The van der Waals surface area contributed by atoms with Crippen LogP contribution in [0.1, 0.15) is 71.3 Å². The molecule has 1 aliphatic heterocycles. The molecule has 1 saturated heterocycles. The molecule has 2 aromatic rings. The molecule has 2 unspecified atom stereocenters. The van der Waals surface area contributed by atoms with Gasteiger partial charge in [-0.15, -0.1) is 11.3 Å². The number of nitrogens with zero attached hydrogens (tertiary/aromatic N) is 3. The molecule has 0 aromatic carbocycles. The molecule has 3 heterocycles. The van der Waals surface area contributed by atoms with Gasteiger partial charge in [0.1, 0.15) is 15.6 Å². The number of carbonyl (C=O) groups is 1. The van der Waals surface area contributed by atoms with Gasteiger partial charge in [-0.3, -0.25) is 9.89 Å². The van der Waals surface area contributed by atoms with Gasteiger partial charge in [0.2, 0.25) is 0 Å². The normalized spacial score (nSPS) is 17.2. The molecule has 0 bridgehead atoms. The lowest BCUT2D eigenvalue weighted by molar-refractivity contribution is 0.0531. The van der Waals surface area contributed by atoms with Crippen LogP contribution in [-0.4, -0.2) is 55.1 Å². The Hall–Kier alpha value is -2.39. The Kier molecular flexibility index (Phi) is 8.48. The van der Waals surface area contributed by atoms with Crippen LogP contribution in [0.3, 0.4) is 0 Å². The molecule has 170 valence electrons. The number of aryl methyl sites for hydroxylation is 1. The number of guanidine groups is 1. The Labute approximate surface area is 188 Å². The van der Waals surface area contributed by atoms with E-state index in [2.05, 4.69) is 25.5 Å². The van der Waals surface area contributed by atoms with Gasteiger partial charge in [-0.25, -0.2) is 9.78 Å². The second-order valence-electron chi connectivity index (χ2n) is 7.63. The number of furan rings is 1. The third kappa shape index (κ3) is 6.07. The second kappa shape index (κ2) is 11.3. The van der Waals surface area contributed by atoms with E-state index in [1.165, 1.54) is 30.6 Å². The molecule has 2 N–H and O–H groups in total. The lowest BCUT2D eigenvalue weighted by Crippen LogP contribution is -2.44. The Bertz CT molecular complexity index is 859. The van der Waals surface area contributed by atoms with Crippen LogP contribution in [0.25, 0.3) is 0 Å². The van der Waals surface area contributed by atoms with Crippen molar-refractivity contribution >= 4 is 23.3 Å². The largest absolute Gasteiger partial charge is 0.468 e. The molecule has 1 fully saturated rings. The zero-order valence-electron chi connectivity index (χ0n) is 18.8. The van der Waals surface area contributed by atoms with E-state index in [0.717, 1.165) is 23.9 Å². The van der Waals surface area contributed by atoms with E-state index in [-0.39, 0.29) is 18.1 Å². The van der Waals surface area contributed by atoms with Gasteiger partial charge >= 0.3 is 5.97 Å². The highest BCUT2D eigenvalue weighted by molar-refractivity contribution is 7.13. The standard InChI is InChI=1S/C22H33N5O3S/c1-5-29-21(28)19-15(2)25-20(31-19)16(3)26-22(23-4)24-14-17(18-10-9-13-30-18)27-11-7-6-8-12-27/h9-10,13,16-17H,5-8,11-12,14H2,1-4H3,(H2,23,24,26). The first kappa shape index (κ1) is 23.3. The van der Waals surface area contributed by atoms with Crippen LogP contribution in [-0.2, 0) is 4.74 Å². The Morgan fingerprint density at radius 3 is 2.81 bits per heavy atom. The van der Waals surface area contributed by atoms with Gasteiger partial charge in [-0.1, -0.05) is 6.42 Å². The van der Waals surface area contributed by atoms with Crippen LogP contribution in [0.15, 0.2) is 27.8 Å². The highest BCUT2D eigenvalue weighted by atomic mass is 32.1. The first-order valence-corrected chi connectivity index (χ1v) is 11.7. The maximum atomic E-state index is 12.1. The number of hydrogen-bond donors (Lipinski definition) is 2. The van der Waals surface area contributed by atoms with Crippen LogP contribution < -0.4 is 10.6 Å². The SMILES string of the molecule is CCOC(=O)c1sc(C(C)NC(=NC)NCC(c2ccco2)N2CCCCC2)nc1C. The summed E-state index contributed by atoms with van der Waals surface area (Å²) in [5.74, 6) is 1.33. The van der Waals surface area contributed by atoms with E-state index < -0.39 is 0 Å².